The number of carbonyl (C=O) groups excluding carboxylic acids is 1. The molecule has 4 heteroatoms. The largest absolute Gasteiger partial charge is 0.478 e. The van der Waals surface area contributed by atoms with E-state index in [4.69, 9.17) is 0 Å². The Labute approximate surface area is 158 Å². The molecule has 27 heavy (non-hydrogen) atoms. The SMILES string of the molecule is Cc1cccc2c(C(=O)/C=C/c3ccc(N(C)C)cc3)ccc(C(=O)O)c12. The highest BCUT2D eigenvalue weighted by molar-refractivity contribution is 6.18. The minimum atomic E-state index is -0.996. The van der Waals surface area contributed by atoms with Crippen LogP contribution in [0.4, 0.5) is 5.69 Å². The topological polar surface area (TPSA) is 57.6 Å². The van der Waals surface area contributed by atoms with E-state index in [0.29, 0.717) is 16.3 Å². The normalized spacial score (nSPS) is 11.1. The van der Waals surface area contributed by atoms with Gasteiger partial charge in [-0.2, -0.15) is 0 Å². The van der Waals surface area contributed by atoms with Crippen LogP contribution < -0.4 is 4.90 Å². The number of hydrogen-bond acceptors (Lipinski definition) is 3. The van der Waals surface area contributed by atoms with Crippen molar-refractivity contribution in [3.63, 3.8) is 0 Å². The molecule has 3 aromatic carbocycles. The number of carboxylic acid groups (broad SMARTS) is 1. The van der Waals surface area contributed by atoms with Gasteiger partial charge in [0.1, 0.15) is 0 Å². The first-order chi connectivity index (χ1) is 12.9. The number of aryl methyl sites for hydroxylation is 1. The molecule has 4 nitrogen and oxygen atoms in total. The monoisotopic (exact) mass is 359 g/mol. The summed E-state index contributed by atoms with van der Waals surface area (Å²) in [5.74, 6) is -1.15. The third kappa shape index (κ3) is 3.75. The lowest BCUT2D eigenvalue weighted by Gasteiger charge is -2.11. The van der Waals surface area contributed by atoms with E-state index in [0.717, 1.165) is 16.8 Å². The van der Waals surface area contributed by atoms with E-state index < -0.39 is 5.97 Å². The number of aromatic carboxylic acids is 1. The number of fused-ring (bicyclic) bond motifs is 1. The molecule has 0 aliphatic heterocycles. The van der Waals surface area contributed by atoms with Gasteiger partial charge in [-0.3, -0.25) is 4.79 Å². The van der Waals surface area contributed by atoms with Crippen molar-refractivity contribution in [1.29, 1.82) is 0 Å². The number of ketones is 1. The third-order valence-electron chi connectivity index (χ3n) is 4.58. The summed E-state index contributed by atoms with van der Waals surface area (Å²) in [7, 11) is 3.95. The molecule has 0 spiro atoms. The van der Waals surface area contributed by atoms with Crippen molar-refractivity contribution in [2.24, 2.45) is 0 Å². The molecule has 0 saturated carbocycles. The molecule has 1 N–H and O–H groups in total. The van der Waals surface area contributed by atoms with E-state index in [-0.39, 0.29) is 11.3 Å². The zero-order valence-electron chi connectivity index (χ0n) is 15.6. The van der Waals surface area contributed by atoms with E-state index in [1.807, 2.05) is 62.3 Å². The smallest absolute Gasteiger partial charge is 0.336 e. The molecule has 0 unspecified atom stereocenters. The maximum absolute atomic E-state index is 12.8. The van der Waals surface area contributed by atoms with Crippen molar-refractivity contribution in [3.8, 4) is 0 Å². The number of nitrogens with zero attached hydrogens (tertiary/aromatic N) is 1. The molecule has 0 aromatic heterocycles. The van der Waals surface area contributed by atoms with Crippen molar-refractivity contribution in [1.82, 2.24) is 0 Å². The molecule has 0 bridgehead atoms. The summed E-state index contributed by atoms with van der Waals surface area (Å²) in [6.07, 6.45) is 3.30. The zero-order valence-corrected chi connectivity index (χ0v) is 15.6. The van der Waals surface area contributed by atoms with Crippen LogP contribution in [0.5, 0.6) is 0 Å². The third-order valence-corrected chi connectivity index (χ3v) is 4.58. The Balaban J connectivity index is 1.98. The average Bonchev–Trinajstić information content (AvgIpc) is 2.65. The first kappa shape index (κ1) is 18.4. The van der Waals surface area contributed by atoms with Crippen LogP contribution in [0.3, 0.4) is 0 Å². The van der Waals surface area contributed by atoms with Crippen LogP contribution in [0.1, 0.15) is 31.8 Å². The van der Waals surface area contributed by atoms with Gasteiger partial charge in [-0.1, -0.05) is 36.4 Å². The van der Waals surface area contributed by atoms with Crippen molar-refractivity contribution < 1.29 is 14.7 Å². The minimum Gasteiger partial charge on any atom is -0.478 e. The second kappa shape index (κ2) is 7.46. The van der Waals surface area contributed by atoms with Crippen LogP contribution in [0.25, 0.3) is 16.8 Å². The van der Waals surface area contributed by atoms with E-state index >= 15 is 0 Å². The van der Waals surface area contributed by atoms with E-state index in [1.165, 1.54) is 12.1 Å². The predicted molar refractivity (Wildman–Crippen MR) is 110 cm³/mol. The maximum Gasteiger partial charge on any atom is 0.336 e. The summed E-state index contributed by atoms with van der Waals surface area (Å²) in [6.45, 7) is 1.85. The summed E-state index contributed by atoms with van der Waals surface area (Å²) in [4.78, 5) is 26.3. The highest BCUT2D eigenvalue weighted by atomic mass is 16.4. The van der Waals surface area contributed by atoms with Gasteiger partial charge in [0.2, 0.25) is 0 Å². The van der Waals surface area contributed by atoms with Gasteiger partial charge in [-0.15, -0.1) is 0 Å². The van der Waals surface area contributed by atoms with Crippen LogP contribution in [0, 0.1) is 6.92 Å². The Hall–Kier alpha value is -3.40. The maximum atomic E-state index is 12.8. The van der Waals surface area contributed by atoms with Gasteiger partial charge in [0, 0.05) is 25.3 Å². The molecule has 0 amide bonds. The number of allylic oxidation sites excluding steroid dienone is 1. The van der Waals surface area contributed by atoms with Crippen molar-refractivity contribution in [2.75, 3.05) is 19.0 Å². The molecular formula is C23H21NO3. The molecule has 3 rings (SSSR count). The molecule has 0 aliphatic rings. The van der Waals surface area contributed by atoms with Crippen molar-refractivity contribution >= 4 is 34.3 Å². The Morgan fingerprint density at radius 2 is 1.59 bits per heavy atom. The van der Waals surface area contributed by atoms with E-state index in [1.54, 1.807) is 18.2 Å². The molecule has 0 atom stereocenters. The summed E-state index contributed by atoms with van der Waals surface area (Å²) >= 11 is 0. The lowest BCUT2D eigenvalue weighted by molar-refractivity contribution is 0.0698. The quantitative estimate of drug-likeness (QED) is 0.525. The first-order valence-electron chi connectivity index (χ1n) is 8.64. The van der Waals surface area contributed by atoms with Gasteiger partial charge < -0.3 is 10.0 Å². The van der Waals surface area contributed by atoms with Gasteiger partial charge in [0.15, 0.2) is 5.78 Å². The van der Waals surface area contributed by atoms with Gasteiger partial charge in [0.25, 0.3) is 0 Å². The molecule has 0 radical (unpaired) electrons. The summed E-state index contributed by atoms with van der Waals surface area (Å²) in [5, 5.41) is 10.7. The highest BCUT2D eigenvalue weighted by Crippen LogP contribution is 2.27. The van der Waals surface area contributed by atoms with Gasteiger partial charge >= 0.3 is 5.97 Å². The van der Waals surface area contributed by atoms with Crippen molar-refractivity contribution in [3.05, 3.63) is 82.9 Å². The van der Waals surface area contributed by atoms with Gasteiger partial charge in [-0.25, -0.2) is 4.79 Å². The van der Waals surface area contributed by atoms with E-state index in [2.05, 4.69) is 0 Å². The van der Waals surface area contributed by atoms with Crippen LogP contribution in [0.2, 0.25) is 0 Å². The molecule has 0 saturated heterocycles. The van der Waals surface area contributed by atoms with Crippen LogP contribution in [0.15, 0.2) is 60.7 Å². The molecule has 136 valence electrons. The van der Waals surface area contributed by atoms with Crippen LogP contribution in [-0.4, -0.2) is 31.0 Å². The molecule has 0 aliphatic carbocycles. The fraction of sp³-hybridized carbons (Fsp3) is 0.130. The number of benzene rings is 3. The van der Waals surface area contributed by atoms with Gasteiger partial charge in [-0.05, 0) is 59.2 Å². The van der Waals surface area contributed by atoms with Gasteiger partial charge in [0.05, 0.1) is 5.56 Å². The molecule has 3 aromatic rings. The summed E-state index contributed by atoms with van der Waals surface area (Å²) in [5.41, 5.74) is 3.56. The Bertz CT molecular complexity index is 1050. The lowest BCUT2D eigenvalue weighted by Crippen LogP contribution is -2.07. The highest BCUT2D eigenvalue weighted by Gasteiger charge is 2.15. The van der Waals surface area contributed by atoms with Crippen LogP contribution in [-0.2, 0) is 0 Å². The number of anilines is 1. The molecule has 0 fully saturated rings. The molecular weight excluding hydrogens is 338 g/mol. The number of rotatable bonds is 5. The first-order valence-corrected chi connectivity index (χ1v) is 8.64. The summed E-state index contributed by atoms with van der Waals surface area (Å²) < 4.78 is 0. The van der Waals surface area contributed by atoms with E-state index in [9.17, 15) is 14.7 Å². The second-order valence-electron chi connectivity index (χ2n) is 6.65. The Morgan fingerprint density at radius 1 is 0.926 bits per heavy atom. The number of hydrogen-bond donors (Lipinski definition) is 1. The Morgan fingerprint density at radius 3 is 2.22 bits per heavy atom. The predicted octanol–water partition coefficient (Wildman–Crippen LogP) is 4.81. The minimum absolute atomic E-state index is 0.153. The Kier molecular flexibility index (Phi) is 5.08. The number of carbonyl (C=O) groups is 2. The fourth-order valence-electron chi connectivity index (χ4n) is 3.13. The fourth-order valence-corrected chi connectivity index (χ4v) is 3.13. The van der Waals surface area contributed by atoms with Crippen LogP contribution >= 0.6 is 0 Å². The lowest BCUT2D eigenvalue weighted by atomic mass is 9.94. The number of carboxylic acids is 1. The zero-order chi connectivity index (χ0) is 19.6. The average molecular weight is 359 g/mol. The van der Waals surface area contributed by atoms with Crippen molar-refractivity contribution in [2.45, 2.75) is 6.92 Å². The summed E-state index contributed by atoms with van der Waals surface area (Å²) in [6, 6.07) is 16.5. The second-order valence-corrected chi connectivity index (χ2v) is 6.65. The molecule has 0 heterocycles. The standard InChI is InChI=1S/C23H21NO3/c1-15-5-4-6-19-18(12-13-20(22(15)19)23(26)27)21(25)14-9-16-7-10-17(11-8-16)24(2)3/h4-14H,1-3H3,(H,26,27)/b14-9+.